The van der Waals surface area contributed by atoms with E-state index in [1.54, 1.807) is 13.8 Å². The fraction of sp³-hybridized carbons (Fsp3) is 0.304. The van der Waals surface area contributed by atoms with E-state index in [1.165, 1.54) is 36.7 Å². The summed E-state index contributed by atoms with van der Waals surface area (Å²) in [6.07, 6.45) is -1.96. The van der Waals surface area contributed by atoms with Gasteiger partial charge in [-0.1, -0.05) is 30.1 Å². The van der Waals surface area contributed by atoms with Crippen LogP contribution in [0.3, 0.4) is 0 Å². The second-order valence-electron chi connectivity index (χ2n) is 8.48. The van der Waals surface area contributed by atoms with Crippen molar-refractivity contribution in [2.24, 2.45) is 0 Å². The van der Waals surface area contributed by atoms with Gasteiger partial charge < -0.3 is 10.6 Å². The number of nitrogens with zero attached hydrogens (tertiary/aromatic N) is 3. The molecule has 2 aromatic heterocycles. The van der Waals surface area contributed by atoms with Crippen LogP contribution >= 0.6 is 23.2 Å². The molecule has 0 fully saturated rings. The van der Waals surface area contributed by atoms with Crippen molar-refractivity contribution in [2.45, 2.75) is 32.5 Å². The number of hydrogen-bond acceptors (Lipinski definition) is 6. The minimum atomic E-state index is -4.87. The number of pyridine rings is 1. The predicted molar refractivity (Wildman–Crippen MR) is 139 cm³/mol. The molecule has 0 spiro atoms. The lowest BCUT2D eigenvalue weighted by molar-refractivity contribution is -0.141. The molecule has 38 heavy (non-hydrogen) atoms. The van der Waals surface area contributed by atoms with E-state index in [4.69, 9.17) is 28.0 Å². The monoisotopic (exact) mass is 590 g/mol. The highest BCUT2D eigenvalue weighted by molar-refractivity contribution is 7.91. The molecule has 0 aliphatic rings. The van der Waals surface area contributed by atoms with Crippen molar-refractivity contribution < 1.29 is 27.0 Å². The maximum absolute atomic E-state index is 13.5. The van der Waals surface area contributed by atoms with Gasteiger partial charge in [0, 0.05) is 39.3 Å². The number of carbonyl (C=O) groups excluding carboxylic acids is 2. The quantitative estimate of drug-likeness (QED) is 0.326. The van der Waals surface area contributed by atoms with E-state index in [-0.39, 0.29) is 32.9 Å². The Morgan fingerprint density at radius 1 is 1.21 bits per heavy atom. The largest absolute Gasteiger partial charge is 0.435 e. The number of rotatable bonds is 8. The van der Waals surface area contributed by atoms with Crippen LogP contribution in [-0.2, 0) is 15.9 Å². The zero-order valence-electron chi connectivity index (χ0n) is 20.3. The summed E-state index contributed by atoms with van der Waals surface area (Å²) in [7, 11) is -2.92. The molecule has 204 valence electrons. The second kappa shape index (κ2) is 11.3. The van der Waals surface area contributed by atoms with Gasteiger partial charge in [0.1, 0.15) is 5.69 Å². The van der Waals surface area contributed by atoms with E-state index in [2.05, 4.69) is 20.7 Å². The predicted octanol–water partition coefficient (Wildman–Crippen LogP) is 5.34. The van der Waals surface area contributed by atoms with Crippen LogP contribution < -0.4 is 10.6 Å². The Kier molecular flexibility index (Phi) is 8.74. The van der Waals surface area contributed by atoms with E-state index in [0.717, 1.165) is 0 Å². The first kappa shape index (κ1) is 29.4. The standard InChI is InChI=1S/C23H23Cl2F3N6O3S/c1-4-14(11-38(3,29)37)31-21(35)15-9-13(24)8-12(2)19(15)32-22(36)17-10-18(23(26,27)28)33-34(17)20-16(25)6-5-7-30-20/h5-10,14,29H,4,11H2,1-3H3,(H,31,35)(H,32,36). The van der Waals surface area contributed by atoms with Crippen LogP contribution in [0.4, 0.5) is 18.9 Å². The molecule has 3 rings (SSSR count). The molecule has 2 atom stereocenters. The highest BCUT2D eigenvalue weighted by atomic mass is 35.5. The van der Waals surface area contributed by atoms with Crippen molar-refractivity contribution in [3.05, 3.63) is 69.1 Å². The molecule has 0 aliphatic heterocycles. The first-order chi connectivity index (χ1) is 17.6. The number of aromatic nitrogens is 3. The molecular formula is C23H23Cl2F3N6O3S. The first-order valence-electron chi connectivity index (χ1n) is 11.0. The maximum Gasteiger partial charge on any atom is 0.435 e. The lowest BCUT2D eigenvalue weighted by Gasteiger charge is -2.20. The number of hydrogen-bond donors (Lipinski definition) is 3. The summed E-state index contributed by atoms with van der Waals surface area (Å²) < 4.78 is 60.7. The lowest BCUT2D eigenvalue weighted by atomic mass is 10.1. The summed E-state index contributed by atoms with van der Waals surface area (Å²) in [6.45, 7) is 3.29. The fourth-order valence-corrected chi connectivity index (χ4v) is 5.11. The van der Waals surface area contributed by atoms with Gasteiger partial charge in [0.05, 0.1) is 22.0 Å². The zero-order valence-corrected chi connectivity index (χ0v) is 22.6. The molecule has 0 aliphatic carbocycles. The minimum absolute atomic E-state index is 0.0108. The first-order valence-corrected chi connectivity index (χ1v) is 13.9. The molecule has 3 aromatic rings. The Morgan fingerprint density at radius 2 is 1.89 bits per heavy atom. The summed E-state index contributed by atoms with van der Waals surface area (Å²) in [4.78, 5) is 30.4. The SMILES string of the molecule is CCC(CS(C)(=N)=O)NC(=O)c1cc(Cl)cc(C)c1NC(=O)c1cc(C(F)(F)F)nn1-c1ncccc1Cl. The van der Waals surface area contributed by atoms with Crippen LogP contribution in [0.2, 0.25) is 10.0 Å². The van der Waals surface area contributed by atoms with Crippen LogP contribution in [0, 0.1) is 11.7 Å². The average molecular weight is 591 g/mol. The second-order valence-corrected chi connectivity index (χ2v) is 11.7. The van der Waals surface area contributed by atoms with Crippen molar-refractivity contribution in [1.29, 1.82) is 4.78 Å². The number of nitrogens with one attached hydrogen (secondary N) is 3. The molecular weight excluding hydrogens is 568 g/mol. The van der Waals surface area contributed by atoms with Gasteiger partial charge in [0.25, 0.3) is 11.8 Å². The Bertz CT molecular complexity index is 1490. The third-order valence-corrected chi connectivity index (χ3v) is 6.85. The van der Waals surface area contributed by atoms with Gasteiger partial charge in [0.2, 0.25) is 0 Å². The molecule has 2 heterocycles. The fourth-order valence-electron chi connectivity index (χ4n) is 3.55. The average Bonchev–Trinajstić information content (AvgIpc) is 3.25. The third kappa shape index (κ3) is 7.03. The van der Waals surface area contributed by atoms with Gasteiger partial charge in [-0.3, -0.25) is 18.6 Å². The Morgan fingerprint density at radius 3 is 2.47 bits per heavy atom. The van der Waals surface area contributed by atoms with Crippen LogP contribution in [0.5, 0.6) is 0 Å². The van der Waals surface area contributed by atoms with E-state index < -0.39 is 45.1 Å². The molecule has 0 bridgehead atoms. The Labute approximate surface area is 226 Å². The number of benzene rings is 1. The molecule has 2 amide bonds. The van der Waals surface area contributed by atoms with Crippen LogP contribution in [0.1, 0.15) is 45.4 Å². The number of alkyl halides is 3. The molecule has 3 N–H and O–H groups in total. The number of halogens is 5. The normalized spacial score (nSPS) is 14.0. The molecule has 0 saturated carbocycles. The smallest absolute Gasteiger partial charge is 0.348 e. The van der Waals surface area contributed by atoms with Crippen LogP contribution in [0.15, 0.2) is 36.5 Å². The molecule has 2 unspecified atom stereocenters. The highest BCUT2D eigenvalue weighted by Crippen LogP contribution is 2.32. The van der Waals surface area contributed by atoms with Crippen molar-refractivity contribution in [1.82, 2.24) is 20.1 Å². The maximum atomic E-state index is 13.5. The molecule has 15 heteroatoms. The van der Waals surface area contributed by atoms with E-state index in [0.29, 0.717) is 22.7 Å². The number of anilines is 1. The van der Waals surface area contributed by atoms with E-state index in [9.17, 15) is 27.0 Å². The van der Waals surface area contributed by atoms with Crippen molar-refractivity contribution in [3.63, 3.8) is 0 Å². The summed E-state index contributed by atoms with van der Waals surface area (Å²) in [5, 5.41) is 8.77. The van der Waals surface area contributed by atoms with Gasteiger partial charge in [-0.15, -0.1) is 0 Å². The van der Waals surface area contributed by atoms with E-state index in [1.807, 2.05) is 0 Å². The van der Waals surface area contributed by atoms with Crippen molar-refractivity contribution >= 4 is 50.4 Å². The van der Waals surface area contributed by atoms with Crippen molar-refractivity contribution in [3.8, 4) is 5.82 Å². The van der Waals surface area contributed by atoms with Gasteiger partial charge >= 0.3 is 6.18 Å². The lowest BCUT2D eigenvalue weighted by Crippen LogP contribution is -2.39. The Balaban J connectivity index is 2.04. The van der Waals surface area contributed by atoms with Gasteiger partial charge in [0.15, 0.2) is 11.5 Å². The summed E-state index contributed by atoms with van der Waals surface area (Å²) >= 11 is 12.2. The van der Waals surface area contributed by atoms with E-state index >= 15 is 0 Å². The van der Waals surface area contributed by atoms with Crippen LogP contribution in [-0.4, -0.2) is 48.8 Å². The van der Waals surface area contributed by atoms with Crippen LogP contribution in [0.25, 0.3) is 5.82 Å². The van der Waals surface area contributed by atoms with Gasteiger partial charge in [-0.2, -0.15) is 18.3 Å². The van der Waals surface area contributed by atoms with Crippen molar-refractivity contribution in [2.75, 3.05) is 17.3 Å². The Hall–Kier alpha value is -3.16. The number of aryl methyl sites for hydroxylation is 1. The third-order valence-electron chi connectivity index (χ3n) is 5.30. The minimum Gasteiger partial charge on any atom is -0.348 e. The summed E-state index contributed by atoms with van der Waals surface area (Å²) in [5.74, 6) is -2.01. The summed E-state index contributed by atoms with van der Waals surface area (Å²) in [5.41, 5.74) is -1.62. The van der Waals surface area contributed by atoms with Gasteiger partial charge in [-0.25, -0.2) is 9.67 Å². The number of carbonyl (C=O) groups is 2. The number of amides is 2. The summed E-state index contributed by atoms with van der Waals surface area (Å²) in [6, 6.07) is 5.52. The molecule has 9 nitrogen and oxygen atoms in total. The molecule has 0 saturated heterocycles. The zero-order chi connectivity index (χ0) is 28.4. The molecule has 1 aromatic carbocycles. The topological polar surface area (TPSA) is 130 Å². The van der Waals surface area contributed by atoms with Gasteiger partial charge in [-0.05, 0) is 43.2 Å². The highest BCUT2D eigenvalue weighted by Gasteiger charge is 2.37. The molecule has 0 radical (unpaired) electrons.